The van der Waals surface area contributed by atoms with E-state index >= 15 is 0 Å². The Morgan fingerprint density at radius 1 is 0.935 bits per heavy atom. The fourth-order valence-corrected chi connectivity index (χ4v) is 4.96. The molecule has 1 fully saturated rings. The average Bonchev–Trinajstić information content (AvgIpc) is 3.01. The summed E-state index contributed by atoms with van der Waals surface area (Å²) in [6.45, 7) is 1.79. The number of para-hydroxylation sites is 2. The van der Waals surface area contributed by atoms with Crippen molar-refractivity contribution in [2.75, 3.05) is 38.1 Å². The van der Waals surface area contributed by atoms with E-state index in [1.807, 2.05) is 0 Å². The first-order chi connectivity index (χ1) is 15.0. The van der Waals surface area contributed by atoms with E-state index < -0.39 is 0 Å². The maximum Gasteiger partial charge on any atom is 0.326 e. The van der Waals surface area contributed by atoms with Crippen LogP contribution in [0.1, 0.15) is 19.3 Å². The molecule has 162 valence electrons. The van der Waals surface area contributed by atoms with Gasteiger partial charge in [-0.25, -0.2) is 4.79 Å². The van der Waals surface area contributed by atoms with Crippen LogP contribution in [0.5, 0.6) is 0 Å². The Kier molecular flexibility index (Phi) is 6.46. The van der Waals surface area contributed by atoms with Gasteiger partial charge in [-0.15, -0.1) is 0 Å². The molecule has 0 unspecified atom stereocenters. The van der Waals surface area contributed by atoms with Crippen LogP contribution in [-0.2, 0) is 9.59 Å². The van der Waals surface area contributed by atoms with Crippen LogP contribution in [0.3, 0.4) is 0 Å². The van der Waals surface area contributed by atoms with E-state index in [9.17, 15) is 14.4 Å². The molecule has 2 heterocycles. The van der Waals surface area contributed by atoms with Gasteiger partial charge < -0.3 is 15.1 Å². The predicted molar refractivity (Wildman–Crippen MR) is 121 cm³/mol. The summed E-state index contributed by atoms with van der Waals surface area (Å²) < 4.78 is 0. The Morgan fingerprint density at radius 3 is 2.16 bits per heavy atom. The Morgan fingerprint density at radius 2 is 1.55 bits per heavy atom. The summed E-state index contributed by atoms with van der Waals surface area (Å²) >= 11 is 1.78. The van der Waals surface area contributed by atoms with Crippen LogP contribution < -0.4 is 10.2 Å². The van der Waals surface area contributed by atoms with Crippen molar-refractivity contribution in [3.8, 4) is 0 Å². The fourth-order valence-electron chi connectivity index (χ4n) is 3.86. The van der Waals surface area contributed by atoms with Crippen LogP contribution in [0, 0.1) is 0 Å². The first-order valence-corrected chi connectivity index (χ1v) is 11.3. The van der Waals surface area contributed by atoms with E-state index in [1.165, 1.54) is 31.0 Å². The molecule has 7 nitrogen and oxygen atoms in total. The lowest BCUT2D eigenvalue weighted by atomic mass is 10.2. The molecule has 2 aromatic carbocycles. The Bertz CT molecular complexity index is 951. The highest BCUT2D eigenvalue weighted by atomic mass is 32.2. The highest BCUT2D eigenvalue weighted by Crippen LogP contribution is 2.47. The van der Waals surface area contributed by atoms with Gasteiger partial charge in [0, 0.05) is 42.9 Å². The first kappa shape index (κ1) is 21.2. The maximum atomic E-state index is 12.2. The van der Waals surface area contributed by atoms with Crippen molar-refractivity contribution in [3.63, 3.8) is 0 Å². The number of carbonyl (C=O) groups is 3. The van der Waals surface area contributed by atoms with Crippen LogP contribution in [0.2, 0.25) is 0 Å². The number of likely N-dealkylation sites (N-methyl/N-ethyl adjacent to an activating group) is 1. The Labute approximate surface area is 186 Å². The van der Waals surface area contributed by atoms with Gasteiger partial charge >= 0.3 is 6.03 Å². The number of fused-ring (bicyclic) bond motifs is 2. The smallest absolute Gasteiger partial charge is 0.326 e. The van der Waals surface area contributed by atoms with Gasteiger partial charge in [-0.05, 0) is 37.1 Å². The molecule has 8 heteroatoms. The molecule has 0 bridgehead atoms. The van der Waals surface area contributed by atoms with Gasteiger partial charge in [-0.1, -0.05) is 36.0 Å². The quantitative estimate of drug-likeness (QED) is 0.505. The lowest BCUT2D eigenvalue weighted by Gasteiger charge is -2.32. The zero-order chi connectivity index (χ0) is 21.8. The third-order valence-corrected chi connectivity index (χ3v) is 6.56. The second kappa shape index (κ2) is 9.43. The van der Waals surface area contributed by atoms with Crippen molar-refractivity contribution in [2.24, 2.45) is 0 Å². The summed E-state index contributed by atoms with van der Waals surface area (Å²) in [7, 11) is 1.60. The minimum absolute atomic E-state index is 0.0533. The number of anilines is 2. The number of imide groups is 1. The van der Waals surface area contributed by atoms with E-state index in [-0.39, 0.29) is 30.9 Å². The molecule has 4 amide bonds. The van der Waals surface area contributed by atoms with Crippen molar-refractivity contribution < 1.29 is 14.4 Å². The normalized spacial score (nSPS) is 15.2. The number of rotatable bonds is 8. The van der Waals surface area contributed by atoms with Gasteiger partial charge in [0.1, 0.15) is 6.54 Å². The van der Waals surface area contributed by atoms with Crippen molar-refractivity contribution in [3.05, 3.63) is 48.5 Å². The molecule has 0 atom stereocenters. The number of hydrogen-bond donors (Lipinski definition) is 1. The van der Waals surface area contributed by atoms with Crippen molar-refractivity contribution >= 4 is 41.0 Å². The van der Waals surface area contributed by atoms with Gasteiger partial charge in [-0.3, -0.25) is 14.5 Å². The number of carbonyl (C=O) groups excluding carboxylic acids is 3. The molecule has 0 saturated carbocycles. The summed E-state index contributed by atoms with van der Waals surface area (Å²) in [5.41, 5.74) is 2.39. The molecule has 2 aliphatic heterocycles. The van der Waals surface area contributed by atoms with Crippen molar-refractivity contribution in [1.29, 1.82) is 0 Å². The minimum Gasteiger partial charge on any atom is -0.356 e. The monoisotopic (exact) mass is 438 g/mol. The van der Waals surface area contributed by atoms with Crippen molar-refractivity contribution in [1.82, 2.24) is 15.1 Å². The number of nitrogens with one attached hydrogen (secondary N) is 1. The largest absolute Gasteiger partial charge is 0.356 e. The molecule has 2 aromatic rings. The van der Waals surface area contributed by atoms with Crippen LogP contribution in [0.15, 0.2) is 58.3 Å². The predicted octanol–water partition coefficient (Wildman–Crippen LogP) is 3.47. The molecule has 0 radical (unpaired) electrons. The van der Waals surface area contributed by atoms with Crippen LogP contribution in [0.25, 0.3) is 0 Å². The number of benzene rings is 2. The maximum absolute atomic E-state index is 12.2. The van der Waals surface area contributed by atoms with Gasteiger partial charge in [-0.2, -0.15) is 0 Å². The number of hydrogen-bond acceptors (Lipinski definition) is 5. The lowest BCUT2D eigenvalue weighted by Crippen LogP contribution is -2.33. The van der Waals surface area contributed by atoms with E-state index in [0.29, 0.717) is 19.4 Å². The average molecular weight is 439 g/mol. The molecule has 0 spiro atoms. The molecule has 0 aromatic heterocycles. The minimum atomic E-state index is -0.286. The second-order valence-electron chi connectivity index (χ2n) is 7.68. The third kappa shape index (κ3) is 4.69. The van der Waals surface area contributed by atoms with Gasteiger partial charge in [0.25, 0.3) is 0 Å². The zero-order valence-corrected chi connectivity index (χ0v) is 18.4. The molecule has 0 aliphatic carbocycles. The van der Waals surface area contributed by atoms with Crippen LogP contribution in [-0.4, -0.2) is 60.9 Å². The van der Waals surface area contributed by atoms with Crippen LogP contribution in [0.4, 0.5) is 16.2 Å². The standard InChI is InChI=1S/C23H26N4O3S/c1-25-16-22(29)27(23(25)30)14-6-12-21(28)24-13-7-15-26-17-8-2-4-10-19(17)31-20-11-5-3-9-18(20)26/h2-5,8-11H,6-7,12-16H2,1H3,(H,24,28). The topological polar surface area (TPSA) is 73.0 Å². The lowest BCUT2D eigenvalue weighted by molar-refractivity contribution is -0.126. The SMILES string of the molecule is CN1CC(=O)N(CCCC(=O)NCCCN2c3ccccc3Sc3ccccc32)C1=O. The molecule has 1 N–H and O–H groups in total. The Balaban J connectivity index is 1.24. The Hall–Kier alpha value is -3.00. The highest BCUT2D eigenvalue weighted by Gasteiger charge is 2.32. The molecule has 4 rings (SSSR count). The van der Waals surface area contributed by atoms with Crippen molar-refractivity contribution in [2.45, 2.75) is 29.1 Å². The second-order valence-corrected chi connectivity index (χ2v) is 8.76. The zero-order valence-electron chi connectivity index (χ0n) is 17.5. The van der Waals surface area contributed by atoms with Gasteiger partial charge in [0.15, 0.2) is 0 Å². The molecule has 2 aliphatic rings. The summed E-state index contributed by atoms with van der Waals surface area (Å²) in [5, 5.41) is 2.96. The number of nitrogens with zero attached hydrogens (tertiary/aromatic N) is 3. The summed E-state index contributed by atoms with van der Waals surface area (Å²) in [5.74, 6) is -0.254. The summed E-state index contributed by atoms with van der Waals surface area (Å²) in [6.07, 6.45) is 1.58. The van der Waals surface area contributed by atoms with E-state index in [1.54, 1.807) is 18.8 Å². The molecular formula is C23H26N4O3S. The van der Waals surface area contributed by atoms with Crippen LogP contribution >= 0.6 is 11.8 Å². The van der Waals surface area contributed by atoms with E-state index in [4.69, 9.17) is 0 Å². The van der Waals surface area contributed by atoms with E-state index in [2.05, 4.69) is 58.7 Å². The number of amides is 4. The molecule has 1 saturated heterocycles. The summed E-state index contributed by atoms with van der Waals surface area (Å²) in [4.78, 5) is 43.2. The highest BCUT2D eigenvalue weighted by molar-refractivity contribution is 7.99. The molecule has 31 heavy (non-hydrogen) atoms. The first-order valence-electron chi connectivity index (χ1n) is 10.5. The summed E-state index contributed by atoms with van der Waals surface area (Å²) in [6, 6.07) is 16.5. The van der Waals surface area contributed by atoms with Gasteiger partial charge in [0.05, 0.1) is 11.4 Å². The number of urea groups is 1. The fraction of sp³-hybridized carbons (Fsp3) is 0.348. The molecular weight excluding hydrogens is 412 g/mol. The third-order valence-electron chi connectivity index (χ3n) is 5.43. The van der Waals surface area contributed by atoms with E-state index in [0.717, 1.165) is 13.0 Å². The van der Waals surface area contributed by atoms with Gasteiger partial charge in [0.2, 0.25) is 11.8 Å².